The van der Waals surface area contributed by atoms with E-state index >= 15 is 0 Å². The Morgan fingerprint density at radius 1 is 1.29 bits per heavy atom. The molecule has 1 aliphatic rings. The van der Waals surface area contributed by atoms with E-state index in [4.69, 9.17) is 0 Å². The number of nitriles is 1. The number of hydrogen-bond donors (Lipinski definition) is 0. The smallest absolute Gasteiger partial charge is 0.0693 e. The second-order valence-electron chi connectivity index (χ2n) is 5.36. The summed E-state index contributed by atoms with van der Waals surface area (Å²) in [5.74, 6) is 0. The van der Waals surface area contributed by atoms with Gasteiger partial charge in [0.25, 0.3) is 0 Å². The predicted molar refractivity (Wildman–Crippen MR) is 67.3 cm³/mol. The van der Waals surface area contributed by atoms with Crippen LogP contribution in [-0.2, 0) is 13.5 Å². The van der Waals surface area contributed by atoms with Gasteiger partial charge in [0.2, 0.25) is 0 Å². The lowest BCUT2D eigenvalue weighted by Gasteiger charge is -2.28. The third-order valence-corrected chi connectivity index (χ3v) is 3.85. The highest BCUT2D eigenvalue weighted by atomic mass is 15.2. The Morgan fingerprint density at radius 2 is 1.94 bits per heavy atom. The molecule has 17 heavy (non-hydrogen) atoms. The average Bonchev–Trinajstić information content (AvgIpc) is 2.68. The highest BCUT2D eigenvalue weighted by molar-refractivity contribution is 5.13. The number of aryl methyl sites for hydroxylation is 1. The van der Waals surface area contributed by atoms with Crippen molar-refractivity contribution in [2.45, 2.75) is 51.4 Å². The number of nitrogens with zero attached hydrogens (tertiary/aromatic N) is 3. The maximum absolute atomic E-state index is 9.55. The van der Waals surface area contributed by atoms with Crippen molar-refractivity contribution in [2.75, 3.05) is 0 Å². The van der Waals surface area contributed by atoms with Crippen LogP contribution in [0.25, 0.3) is 0 Å². The van der Waals surface area contributed by atoms with E-state index in [9.17, 15) is 5.26 Å². The van der Waals surface area contributed by atoms with E-state index in [1.54, 1.807) is 0 Å². The quantitative estimate of drug-likeness (QED) is 0.784. The zero-order chi connectivity index (χ0) is 12.1. The third kappa shape index (κ3) is 3.09. The van der Waals surface area contributed by atoms with E-state index in [1.165, 1.54) is 37.7 Å². The van der Waals surface area contributed by atoms with E-state index in [1.807, 2.05) is 24.1 Å². The second-order valence-corrected chi connectivity index (χ2v) is 5.36. The van der Waals surface area contributed by atoms with E-state index in [0.29, 0.717) is 0 Å². The van der Waals surface area contributed by atoms with E-state index in [0.717, 1.165) is 19.3 Å². The standard InChI is InChI=1S/C14H21N3/c1-17-11-13(10-16-17)9-14(12-15)7-5-3-2-4-6-8-14/h10-11H,2-9H2,1H3. The summed E-state index contributed by atoms with van der Waals surface area (Å²) in [4.78, 5) is 0. The van der Waals surface area contributed by atoms with Crippen molar-refractivity contribution < 1.29 is 0 Å². The Bertz CT molecular complexity index is 392. The molecule has 1 heterocycles. The Kier molecular flexibility index (Phi) is 3.83. The van der Waals surface area contributed by atoms with Crippen LogP contribution in [0.3, 0.4) is 0 Å². The van der Waals surface area contributed by atoms with Crippen LogP contribution in [0.15, 0.2) is 12.4 Å². The van der Waals surface area contributed by atoms with Gasteiger partial charge in [-0.3, -0.25) is 4.68 Å². The van der Waals surface area contributed by atoms with Gasteiger partial charge in [-0.1, -0.05) is 32.1 Å². The minimum absolute atomic E-state index is 0.135. The summed E-state index contributed by atoms with van der Waals surface area (Å²) in [6, 6.07) is 2.61. The summed E-state index contributed by atoms with van der Waals surface area (Å²) >= 11 is 0. The predicted octanol–water partition coefficient (Wildman–Crippen LogP) is 3.22. The molecule has 0 radical (unpaired) electrons. The van der Waals surface area contributed by atoms with E-state index in [2.05, 4.69) is 11.2 Å². The fourth-order valence-electron chi connectivity index (χ4n) is 2.86. The first-order valence-corrected chi connectivity index (χ1v) is 6.63. The van der Waals surface area contributed by atoms with Gasteiger partial charge in [-0.05, 0) is 24.8 Å². The van der Waals surface area contributed by atoms with E-state index < -0.39 is 0 Å². The van der Waals surface area contributed by atoms with Gasteiger partial charge in [0.1, 0.15) is 0 Å². The molecule has 0 spiro atoms. The molecule has 0 saturated heterocycles. The molecular formula is C14H21N3. The van der Waals surface area contributed by atoms with Gasteiger partial charge in [-0.15, -0.1) is 0 Å². The van der Waals surface area contributed by atoms with Crippen LogP contribution in [0.2, 0.25) is 0 Å². The summed E-state index contributed by atoms with van der Waals surface area (Å²) in [5, 5.41) is 13.7. The van der Waals surface area contributed by atoms with Crippen molar-refractivity contribution in [1.82, 2.24) is 9.78 Å². The fourth-order valence-corrected chi connectivity index (χ4v) is 2.86. The van der Waals surface area contributed by atoms with Crippen molar-refractivity contribution in [3.63, 3.8) is 0 Å². The maximum atomic E-state index is 9.55. The van der Waals surface area contributed by atoms with Crippen LogP contribution >= 0.6 is 0 Å². The van der Waals surface area contributed by atoms with Crippen molar-refractivity contribution in [2.24, 2.45) is 12.5 Å². The van der Waals surface area contributed by atoms with Crippen molar-refractivity contribution in [3.05, 3.63) is 18.0 Å². The first kappa shape index (κ1) is 12.2. The third-order valence-electron chi connectivity index (χ3n) is 3.85. The van der Waals surface area contributed by atoms with Crippen LogP contribution in [0.4, 0.5) is 0 Å². The summed E-state index contributed by atoms with van der Waals surface area (Å²) in [5.41, 5.74) is 1.07. The summed E-state index contributed by atoms with van der Waals surface area (Å²) < 4.78 is 1.82. The fraction of sp³-hybridized carbons (Fsp3) is 0.714. The van der Waals surface area contributed by atoms with Crippen molar-refractivity contribution in [1.29, 1.82) is 5.26 Å². The van der Waals surface area contributed by atoms with E-state index in [-0.39, 0.29) is 5.41 Å². The van der Waals surface area contributed by atoms with Gasteiger partial charge in [0.15, 0.2) is 0 Å². The van der Waals surface area contributed by atoms with Gasteiger partial charge in [0.05, 0.1) is 17.7 Å². The lowest BCUT2D eigenvalue weighted by atomic mass is 9.74. The normalized spacial score (nSPS) is 20.2. The number of rotatable bonds is 2. The molecule has 3 nitrogen and oxygen atoms in total. The number of aromatic nitrogens is 2. The maximum Gasteiger partial charge on any atom is 0.0693 e. The van der Waals surface area contributed by atoms with Crippen LogP contribution in [0, 0.1) is 16.7 Å². The highest BCUT2D eigenvalue weighted by Crippen LogP contribution is 2.36. The molecule has 0 N–H and O–H groups in total. The second kappa shape index (κ2) is 5.35. The molecule has 0 aromatic carbocycles. The van der Waals surface area contributed by atoms with Crippen LogP contribution in [0.5, 0.6) is 0 Å². The molecule has 0 unspecified atom stereocenters. The first-order valence-electron chi connectivity index (χ1n) is 6.63. The number of hydrogen-bond acceptors (Lipinski definition) is 2. The molecule has 0 atom stereocenters. The molecule has 1 aromatic heterocycles. The molecule has 0 amide bonds. The molecule has 0 bridgehead atoms. The van der Waals surface area contributed by atoms with Gasteiger partial charge in [-0.25, -0.2) is 0 Å². The summed E-state index contributed by atoms with van der Waals surface area (Å²) in [6.07, 6.45) is 13.2. The molecule has 1 aliphatic carbocycles. The molecule has 3 heteroatoms. The molecule has 2 rings (SSSR count). The lowest BCUT2D eigenvalue weighted by Crippen LogP contribution is -2.22. The zero-order valence-corrected chi connectivity index (χ0v) is 10.7. The lowest BCUT2D eigenvalue weighted by molar-refractivity contribution is 0.287. The first-order chi connectivity index (χ1) is 8.24. The monoisotopic (exact) mass is 231 g/mol. The molecule has 1 saturated carbocycles. The largest absolute Gasteiger partial charge is 0.276 e. The topological polar surface area (TPSA) is 41.6 Å². The zero-order valence-electron chi connectivity index (χ0n) is 10.7. The van der Waals surface area contributed by atoms with Gasteiger partial charge < -0.3 is 0 Å². The minimum atomic E-state index is -0.135. The minimum Gasteiger partial charge on any atom is -0.276 e. The van der Waals surface area contributed by atoms with Crippen molar-refractivity contribution in [3.8, 4) is 6.07 Å². The Morgan fingerprint density at radius 3 is 2.47 bits per heavy atom. The molecule has 1 aromatic rings. The summed E-state index contributed by atoms with van der Waals surface area (Å²) in [6.45, 7) is 0. The van der Waals surface area contributed by atoms with Crippen LogP contribution in [0.1, 0.15) is 50.5 Å². The average molecular weight is 231 g/mol. The Labute approximate surface area is 103 Å². The molecular weight excluding hydrogens is 210 g/mol. The van der Waals surface area contributed by atoms with Gasteiger partial charge in [-0.2, -0.15) is 10.4 Å². The van der Waals surface area contributed by atoms with Gasteiger partial charge >= 0.3 is 0 Å². The Hall–Kier alpha value is -1.30. The van der Waals surface area contributed by atoms with Crippen molar-refractivity contribution >= 4 is 0 Å². The molecule has 0 aliphatic heterocycles. The molecule has 1 fully saturated rings. The van der Waals surface area contributed by atoms with Crippen LogP contribution in [-0.4, -0.2) is 9.78 Å². The molecule has 92 valence electrons. The summed E-state index contributed by atoms with van der Waals surface area (Å²) in [7, 11) is 1.93. The van der Waals surface area contributed by atoms with Gasteiger partial charge in [0, 0.05) is 13.2 Å². The SMILES string of the molecule is Cn1cc(CC2(C#N)CCCCCCC2)cn1. The highest BCUT2D eigenvalue weighted by Gasteiger charge is 2.30. The van der Waals surface area contributed by atoms with Crippen LogP contribution < -0.4 is 0 Å². The Balaban J connectivity index is 2.09.